The number of halogens is 2. The zero-order valence-corrected chi connectivity index (χ0v) is 11.7. The molecule has 17 heavy (non-hydrogen) atoms. The van der Waals surface area contributed by atoms with Crippen molar-refractivity contribution in [2.45, 2.75) is 0 Å². The summed E-state index contributed by atoms with van der Waals surface area (Å²) in [6.07, 6.45) is 0. The van der Waals surface area contributed by atoms with Gasteiger partial charge in [0.15, 0.2) is 11.0 Å². The van der Waals surface area contributed by atoms with Crippen molar-refractivity contribution < 1.29 is 0 Å². The lowest BCUT2D eigenvalue weighted by Gasteiger charge is -2.02. The standard InChI is InChI=1S/C12H6BrClN2S/c13-8-3-1-2-7(6-8)12-15-9-4-5-17-10(9)11(14)16-12/h1-6H. The number of nitrogens with zero attached hydrogens (tertiary/aromatic N) is 2. The molecule has 84 valence electrons. The molecule has 2 aromatic heterocycles. The highest BCUT2D eigenvalue weighted by molar-refractivity contribution is 9.10. The Morgan fingerprint density at radius 3 is 2.88 bits per heavy atom. The third-order valence-corrected chi connectivity index (χ3v) is 4.13. The first kappa shape index (κ1) is 11.1. The van der Waals surface area contributed by atoms with Crippen LogP contribution in [0.25, 0.3) is 21.6 Å². The van der Waals surface area contributed by atoms with Crippen LogP contribution in [-0.2, 0) is 0 Å². The highest BCUT2D eigenvalue weighted by Crippen LogP contribution is 2.29. The van der Waals surface area contributed by atoms with E-state index in [1.54, 1.807) is 11.3 Å². The van der Waals surface area contributed by atoms with Crippen LogP contribution in [0.5, 0.6) is 0 Å². The minimum atomic E-state index is 0.514. The van der Waals surface area contributed by atoms with Gasteiger partial charge < -0.3 is 0 Å². The van der Waals surface area contributed by atoms with Crippen LogP contribution in [-0.4, -0.2) is 9.97 Å². The molecule has 0 unspecified atom stereocenters. The van der Waals surface area contributed by atoms with Crippen LogP contribution < -0.4 is 0 Å². The van der Waals surface area contributed by atoms with Gasteiger partial charge in [-0.05, 0) is 23.6 Å². The van der Waals surface area contributed by atoms with E-state index in [0.717, 1.165) is 20.3 Å². The van der Waals surface area contributed by atoms with Gasteiger partial charge in [-0.1, -0.05) is 39.7 Å². The Hall–Kier alpha value is -0.970. The fourth-order valence-corrected chi connectivity index (χ4v) is 3.00. The summed E-state index contributed by atoms with van der Waals surface area (Å²) < 4.78 is 1.94. The molecule has 0 radical (unpaired) electrons. The van der Waals surface area contributed by atoms with Gasteiger partial charge in [0.05, 0.1) is 10.2 Å². The Kier molecular flexibility index (Phi) is 2.86. The molecule has 0 aliphatic rings. The average Bonchev–Trinajstić information content (AvgIpc) is 2.77. The van der Waals surface area contributed by atoms with Gasteiger partial charge in [0.2, 0.25) is 0 Å². The summed E-state index contributed by atoms with van der Waals surface area (Å²) in [6, 6.07) is 9.82. The highest BCUT2D eigenvalue weighted by Gasteiger charge is 2.08. The maximum absolute atomic E-state index is 6.14. The molecule has 0 spiro atoms. The highest BCUT2D eigenvalue weighted by atomic mass is 79.9. The van der Waals surface area contributed by atoms with Crippen LogP contribution in [0, 0.1) is 0 Å². The van der Waals surface area contributed by atoms with Crippen molar-refractivity contribution in [1.29, 1.82) is 0 Å². The predicted octanol–water partition coefficient (Wildman–Crippen LogP) is 4.77. The van der Waals surface area contributed by atoms with Crippen molar-refractivity contribution in [3.63, 3.8) is 0 Å². The predicted molar refractivity (Wildman–Crippen MR) is 75.6 cm³/mol. The van der Waals surface area contributed by atoms with E-state index in [2.05, 4.69) is 25.9 Å². The average molecular weight is 326 g/mol. The van der Waals surface area contributed by atoms with Gasteiger partial charge >= 0.3 is 0 Å². The second-order valence-corrected chi connectivity index (χ2v) is 5.67. The molecule has 0 amide bonds. The molecule has 0 saturated heterocycles. The van der Waals surface area contributed by atoms with E-state index in [1.165, 1.54) is 0 Å². The Morgan fingerprint density at radius 2 is 2.06 bits per heavy atom. The second-order valence-electron chi connectivity index (χ2n) is 3.48. The van der Waals surface area contributed by atoms with Crippen molar-refractivity contribution in [2.75, 3.05) is 0 Å². The molecule has 0 aliphatic carbocycles. The number of hydrogen-bond donors (Lipinski definition) is 0. The molecule has 0 N–H and O–H groups in total. The molecule has 1 aromatic carbocycles. The maximum Gasteiger partial charge on any atom is 0.161 e. The molecule has 0 saturated carbocycles. The van der Waals surface area contributed by atoms with Gasteiger partial charge in [-0.3, -0.25) is 0 Å². The van der Waals surface area contributed by atoms with Gasteiger partial charge in [-0.25, -0.2) is 9.97 Å². The molecule has 0 atom stereocenters. The first-order chi connectivity index (χ1) is 8.24. The van der Waals surface area contributed by atoms with E-state index in [4.69, 9.17) is 11.6 Å². The summed E-state index contributed by atoms with van der Waals surface area (Å²) in [7, 11) is 0. The van der Waals surface area contributed by atoms with Gasteiger partial charge in [0.1, 0.15) is 0 Å². The maximum atomic E-state index is 6.14. The largest absolute Gasteiger partial charge is 0.227 e. The number of benzene rings is 1. The Labute approximate surface area is 115 Å². The number of thiophene rings is 1. The van der Waals surface area contributed by atoms with Crippen LogP contribution in [0.1, 0.15) is 0 Å². The molecule has 0 fully saturated rings. The third-order valence-electron chi connectivity index (χ3n) is 2.35. The number of aromatic nitrogens is 2. The molecular formula is C12H6BrClN2S. The SMILES string of the molecule is Clc1nc(-c2cccc(Br)c2)nc2ccsc12. The molecule has 2 heterocycles. The third kappa shape index (κ3) is 2.08. The second kappa shape index (κ2) is 4.37. The summed E-state index contributed by atoms with van der Waals surface area (Å²) in [6.45, 7) is 0. The van der Waals surface area contributed by atoms with Crippen LogP contribution in [0.4, 0.5) is 0 Å². The summed E-state index contributed by atoms with van der Waals surface area (Å²) >= 11 is 11.1. The zero-order chi connectivity index (χ0) is 11.8. The quantitative estimate of drug-likeness (QED) is 0.602. The summed E-state index contributed by atoms with van der Waals surface area (Å²) in [5, 5.41) is 2.48. The Bertz CT molecular complexity index is 696. The van der Waals surface area contributed by atoms with E-state index in [0.29, 0.717) is 11.0 Å². The first-order valence-electron chi connectivity index (χ1n) is 4.91. The summed E-state index contributed by atoms with van der Waals surface area (Å²) in [5.74, 6) is 0.655. The van der Waals surface area contributed by atoms with E-state index in [1.807, 2.05) is 35.7 Å². The van der Waals surface area contributed by atoms with Crippen LogP contribution >= 0.6 is 38.9 Å². The Balaban J connectivity index is 2.23. The lowest BCUT2D eigenvalue weighted by molar-refractivity contribution is 1.23. The summed E-state index contributed by atoms with van der Waals surface area (Å²) in [5.41, 5.74) is 1.85. The molecule has 3 rings (SSSR count). The van der Waals surface area contributed by atoms with E-state index in [9.17, 15) is 0 Å². The van der Waals surface area contributed by atoms with Crippen LogP contribution in [0.3, 0.4) is 0 Å². The molecule has 0 aliphatic heterocycles. The fourth-order valence-electron chi connectivity index (χ4n) is 1.58. The Morgan fingerprint density at radius 1 is 1.18 bits per heavy atom. The number of rotatable bonds is 1. The summed E-state index contributed by atoms with van der Waals surface area (Å²) in [4.78, 5) is 8.83. The van der Waals surface area contributed by atoms with E-state index < -0.39 is 0 Å². The van der Waals surface area contributed by atoms with E-state index >= 15 is 0 Å². The van der Waals surface area contributed by atoms with E-state index in [-0.39, 0.29) is 0 Å². The smallest absolute Gasteiger partial charge is 0.161 e. The van der Waals surface area contributed by atoms with Crippen molar-refractivity contribution in [3.05, 3.63) is 45.3 Å². The fraction of sp³-hybridized carbons (Fsp3) is 0. The van der Waals surface area contributed by atoms with Crippen molar-refractivity contribution in [3.8, 4) is 11.4 Å². The molecular weight excluding hydrogens is 320 g/mol. The molecule has 5 heteroatoms. The van der Waals surface area contributed by atoms with Gasteiger partial charge in [0.25, 0.3) is 0 Å². The van der Waals surface area contributed by atoms with Crippen LogP contribution in [0.15, 0.2) is 40.2 Å². The van der Waals surface area contributed by atoms with Gasteiger partial charge in [0, 0.05) is 10.0 Å². The number of fused-ring (bicyclic) bond motifs is 1. The van der Waals surface area contributed by atoms with Gasteiger partial charge in [-0.2, -0.15) is 0 Å². The lowest BCUT2D eigenvalue weighted by atomic mass is 10.2. The van der Waals surface area contributed by atoms with Gasteiger partial charge in [-0.15, -0.1) is 11.3 Å². The molecule has 2 nitrogen and oxygen atoms in total. The number of hydrogen-bond acceptors (Lipinski definition) is 3. The topological polar surface area (TPSA) is 25.8 Å². The zero-order valence-electron chi connectivity index (χ0n) is 8.52. The lowest BCUT2D eigenvalue weighted by Crippen LogP contribution is -1.89. The first-order valence-corrected chi connectivity index (χ1v) is 6.96. The molecule has 3 aromatic rings. The van der Waals surface area contributed by atoms with Crippen molar-refractivity contribution in [1.82, 2.24) is 9.97 Å². The minimum absolute atomic E-state index is 0.514. The monoisotopic (exact) mass is 324 g/mol. The van der Waals surface area contributed by atoms with Crippen LogP contribution in [0.2, 0.25) is 5.15 Å². The van der Waals surface area contributed by atoms with Crippen molar-refractivity contribution in [2.24, 2.45) is 0 Å². The minimum Gasteiger partial charge on any atom is -0.227 e. The normalized spacial score (nSPS) is 10.9. The van der Waals surface area contributed by atoms with Crippen molar-refractivity contribution >= 4 is 49.1 Å². The molecule has 0 bridgehead atoms.